The Morgan fingerprint density at radius 3 is 2.82 bits per heavy atom. The highest BCUT2D eigenvalue weighted by Crippen LogP contribution is 2.40. The number of nitrogens with zero attached hydrogens (tertiary/aromatic N) is 1. The Balaban J connectivity index is 1.30. The first kappa shape index (κ1) is 19.9. The van der Waals surface area contributed by atoms with Crippen LogP contribution in [0.3, 0.4) is 0 Å². The summed E-state index contributed by atoms with van der Waals surface area (Å²) < 4.78 is 25.3. The molecule has 0 bridgehead atoms. The van der Waals surface area contributed by atoms with Crippen molar-refractivity contribution < 1.29 is 14.0 Å². The van der Waals surface area contributed by atoms with Crippen LogP contribution in [-0.4, -0.2) is 47.0 Å². The summed E-state index contributed by atoms with van der Waals surface area (Å²) in [5.41, 5.74) is 0. The topological polar surface area (TPSA) is 44.8 Å². The van der Waals surface area contributed by atoms with Gasteiger partial charge in [0.25, 0.3) is 0 Å². The third-order valence-corrected chi connectivity index (χ3v) is 7.90. The fraction of sp³-hybridized carbons (Fsp3) is 0.565. The van der Waals surface area contributed by atoms with E-state index in [4.69, 9.17) is 9.47 Å². The van der Waals surface area contributed by atoms with E-state index in [0.29, 0.717) is 0 Å². The Kier molecular flexibility index (Phi) is 6.65. The maximum Gasteiger partial charge on any atom is 0.195 e. The van der Waals surface area contributed by atoms with Gasteiger partial charge in [-0.15, -0.1) is 0 Å². The molecule has 0 saturated carbocycles. The Morgan fingerprint density at radius 1 is 1.25 bits per heavy atom. The van der Waals surface area contributed by atoms with E-state index in [-0.39, 0.29) is 17.3 Å². The number of ether oxygens (including phenoxy) is 2. The van der Waals surface area contributed by atoms with E-state index >= 15 is 0 Å². The lowest BCUT2D eigenvalue weighted by atomic mass is 9.91. The summed E-state index contributed by atoms with van der Waals surface area (Å²) in [5, 5.41) is 0.0286. The Bertz CT molecular complexity index is 714. The van der Waals surface area contributed by atoms with Gasteiger partial charge in [0.05, 0.1) is 6.61 Å². The van der Waals surface area contributed by atoms with E-state index in [1.54, 1.807) is 0 Å². The van der Waals surface area contributed by atoms with Gasteiger partial charge in [0.2, 0.25) is 0 Å². The third-order valence-electron chi connectivity index (χ3n) is 5.98. The molecule has 1 aromatic rings. The summed E-state index contributed by atoms with van der Waals surface area (Å²) in [4.78, 5) is 3.36. The van der Waals surface area contributed by atoms with Crippen molar-refractivity contribution in [1.29, 1.82) is 0 Å². The van der Waals surface area contributed by atoms with Gasteiger partial charge in [-0.25, -0.2) is 0 Å². The zero-order chi connectivity index (χ0) is 19.3. The fourth-order valence-electron chi connectivity index (χ4n) is 4.42. The summed E-state index contributed by atoms with van der Waals surface area (Å²) in [6.45, 7) is 6.50. The molecule has 152 valence electrons. The molecule has 4 rings (SSSR count). The van der Waals surface area contributed by atoms with E-state index in [1.165, 1.54) is 25.9 Å². The van der Waals surface area contributed by atoms with E-state index in [2.05, 4.69) is 30.1 Å². The summed E-state index contributed by atoms with van der Waals surface area (Å²) >= 11 is -1.02. The smallest absolute Gasteiger partial charge is 0.195 e. The van der Waals surface area contributed by atoms with Gasteiger partial charge in [0.15, 0.2) is 22.0 Å². The van der Waals surface area contributed by atoms with E-state index in [9.17, 15) is 4.55 Å². The van der Waals surface area contributed by atoms with Crippen LogP contribution in [0.15, 0.2) is 53.1 Å². The SMILES string of the molecule is CC[C@H]1[C@H](C2C=CC(OCCCN3CCCC3)=CC2)Oc2ccccc2[S+]1[O-]. The minimum atomic E-state index is -1.02. The Labute approximate surface area is 171 Å². The molecule has 5 heteroatoms. The molecule has 4 nitrogen and oxygen atoms in total. The molecule has 28 heavy (non-hydrogen) atoms. The van der Waals surface area contributed by atoms with Crippen molar-refractivity contribution in [2.75, 3.05) is 26.2 Å². The summed E-state index contributed by atoms with van der Waals surface area (Å²) in [5.74, 6) is 1.97. The van der Waals surface area contributed by atoms with Crippen molar-refractivity contribution in [3.63, 3.8) is 0 Å². The van der Waals surface area contributed by atoms with Crippen molar-refractivity contribution in [3.05, 3.63) is 48.3 Å². The zero-order valence-corrected chi connectivity index (χ0v) is 17.5. The number of allylic oxidation sites excluding steroid dienone is 2. The lowest BCUT2D eigenvalue weighted by Gasteiger charge is -2.37. The lowest BCUT2D eigenvalue weighted by molar-refractivity contribution is 0.134. The van der Waals surface area contributed by atoms with E-state index < -0.39 is 11.2 Å². The molecule has 0 N–H and O–H groups in total. The fourth-order valence-corrected chi connectivity index (χ4v) is 6.08. The zero-order valence-electron chi connectivity index (χ0n) is 16.7. The van der Waals surface area contributed by atoms with Gasteiger partial charge in [-0.05, 0) is 80.7 Å². The molecule has 1 aromatic carbocycles. The van der Waals surface area contributed by atoms with Crippen LogP contribution < -0.4 is 4.74 Å². The Morgan fingerprint density at radius 2 is 2.07 bits per heavy atom. The number of hydrogen-bond donors (Lipinski definition) is 0. The first-order valence-electron chi connectivity index (χ1n) is 10.7. The minimum Gasteiger partial charge on any atom is -0.611 e. The second kappa shape index (κ2) is 9.38. The lowest BCUT2D eigenvalue weighted by Crippen LogP contribution is -2.46. The van der Waals surface area contributed by atoms with Crippen LogP contribution in [0.4, 0.5) is 0 Å². The molecule has 2 unspecified atom stereocenters. The molecule has 2 heterocycles. The van der Waals surface area contributed by atoms with Gasteiger partial charge in [-0.1, -0.05) is 25.1 Å². The van der Waals surface area contributed by atoms with Crippen LogP contribution in [0.1, 0.15) is 39.0 Å². The summed E-state index contributed by atoms with van der Waals surface area (Å²) in [7, 11) is 0. The maximum atomic E-state index is 13.0. The molecule has 0 radical (unpaired) electrons. The van der Waals surface area contributed by atoms with E-state index in [1.807, 2.05) is 24.3 Å². The van der Waals surface area contributed by atoms with E-state index in [0.717, 1.165) is 48.8 Å². The van der Waals surface area contributed by atoms with Crippen LogP contribution in [-0.2, 0) is 15.9 Å². The second-order valence-electron chi connectivity index (χ2n) is 7.89. The third kappa shape index (κ3) is 4.42. The van der Waals surface area contributed by atoms with Crippen molar-refractivity contribution in [1.82, 2.24) is 4.90 Å². The molecule has 4 atom stereocenters. The minimum absolute atomic E-state index is 0.0286. The number of hydrogen-bond acceptors (Lipinski definition) is 4. The highest BCUT2D eigenvalue weighted by atomic mass is 32.2. The Hall–Kier alpha value is -1.43. The standard InChI is InChI=1S/C23H31NO3S/c1-2-21-23(27-20-8-3-4-9-22(20)28(21)25)18-10-12-19(13-11-18)26-17-7-16-24-14-5-6-15-24/h3-4,8-10,12-13,18,21,23H,2,5-7,11,14-17H2,1H3/t18?,21-,23-,28?/m0/s1. The van der Waals surface area contributed by atoms with Crippen LogP contribution in [0.25, 0.3) is 0 Å². The average Bonchev–Trinajstić information content (AvgIpc) is 3.25. The van der Waals surface area contributed by atoms with Crippen molar-refractivity contribution in [2.45, 2.75) is 55.3 Å². The summed E-state index contributed by atoms with van der Waals surface area (Å²) in [6.07, 6.45) is 11.9. The van der Waals surface area contributed by atoms with Crippen molar-refractivity contribution >= 4 is 11.2 Å². The van der Waals surface area contributed by atoms with Crippen LogP contribution >= 0.6 is 0 Å². The molecule has 1 fully saturated rings. The highest BCUT2D eigenvalue weighted by Gasteiger charge is 2.43. The van der Waals surface area contributed by atoms with Crippen molar-refractivity contribution in [3.8, 4) is 5.75 Å². The first-order chi connectivity index (χ1) is 13.8. The highest BCUT2D eigenvalue weighted by molar-refractivity contribution is 7.92. The molecular formula is C23H31NO3S. The number of likely N-dealkylation sites (tertiary alicyclic amines) is 1. The molecule has 3 aliphatic rings. The molecule has 2 aliphatic heterocycles. The number of benzene rings is 1. The first-order valence-corrected chi connectivity index (χ1v) is 11.9. The van der Waals surface area contributed by atoms with Gasteiger partial charge in [-0.3, -0.25) is 0 Å². The van der Waals surface area contributed by atoms with Crippen LogP contribution in [0.5, 0.6) is 5.75 Å². The van der Waals surface area contributed by atoms with Gasteiger partial charge in [-0.2, -0.15) is 0 Å². The molecule has 1 saturated heterocycles. The normalized spacial score (nSPS) is 29.9. The van der Waals surface area contributed by atoms with Gasteiger partial charge < -0.3 is 18.9 Å². The number of rotatable bonds is 7. The molecular weight excluding hydrogens is 370 g/mol. The quantitative estimate of drug-likeness (QED) is 0.505. The molecule has 0 aromatic heterocycles. The molecule has 1 aliphatic carbocycles. The van der Waals surface area contributed by atoms with Crippen LogP contribution in [0.2, 0.25) is 0 Å². The second-order valence-corrected chi connectivity index (χ2v) is 9.53. The molecule has 0 amide bonds. The average molecular weight is 402 g/mol. The summed E-state index contributed by atoms with van der Waals surface area (Å²) in [6, 6.07) is 7.74. The van der Waals surface area contributed by atoms with Crippen LogP contribution in [0, 0.1) is 5.92 Å². The largest absolute Gasteiger partial charge is 0.611 e. The predicted molar refractivity (Wildman–Crippen MR) is 113 cm³/mol. The van der Waals surface area contributed by atoms with Crippen molar-refractivity contribution in [2.24, 2.45) is 5.92 Å². The maximum absolute atomic E-state index is 13.0. The predicted octanol–water partition coefficient (Wildman–Crippen LogP) is 4.30. The van der Waals surface area contributed by atoms with Gasteiger partial charge in [0, 0.05) is 12.5 Å². The number of para-hydroxylation sites is 1. The number of fused-ring (bicyclic) bond motifs is 1. The molecule has 0 spiro atoms. The van der Waals surface area contributed by atoms with Gasteiger partial charge in [0.1, 0.15) is 5.76 Å². The monoisotopic (exact) mass is 401 g/mol. The van der Waals surface area contributed by atoms with Gasteiger partial charge >= 0.3 is 0 Å².